The average Bonchev–Trinajstić information content (AvgIpc) is 2.31. The smallest absolute Gasteiger partial charge is 0.133 e. The van der Waals surface area contributed by atoms with E-state index in [4.69, 9.17) is 5.73 Å². The molecule has 0 saturated carbocycles. The number of aromatic nitrogens is 1. The highest BCUT2D eigenvalue weighted by Gasteiger charge is 2.15. The Morgan fingerprint density at radius 3 is 2.63 bits per heavy atom. The minimum Gasteiger partial charge on any atom is -0.399 e. The van der Waals surface area contributed by atoms with Crippen LogP contribution in [-0.2, 0) is 6.42 Å². The van der Waals surface area contributed by atoms with Crippen LogP contribution >= 0.6 is 31.9 Å². The summed E-state index contributed by atoms with van der Waals surface area (Å²) in [6, 6.07) is 6.65. The Morgan fingerprint density at radius 2 is 2.00 bits per heavy atom. The summed E-state index contributed by atoms with van der Waals surface area (Å²) in [5.41, 5.74) is 8.37. The normalized spacial score (nSPS) is 10.7. The van der Waals surface area contributed by atoms with Gasteiger partial charge < -0.3 is 5.73 Å². The first-order chi connectivity index (χ1) is 9.02. The second-order valence-electron chi connectivity index (χ2n) is 4.26. The van der Waals surface area contributed by atoms with Crippen LogP contribution in [0.4, 0.5) is 10.1 Å². The highest BCUT2D eigenvalue weighted by atomic mass is 79.9. The second kappa shape index (κ2) is 6.01. The summed E-state index contributed by atoms with van der Waals surface area (Å²) in [6.45, 7) is 2.09. The largest absolute Gasteiger partial charge is 0.399 e. The van der Waals surface area contributed by atoms with E-state index in [1.54, 1.807) is 12.1 Å². The van der Waals surface area contributed by atoms with Crippen molar-refractivity contribution in [2.45, 2.75) is 19.8 Å². The first kappa shape index (κ1) is 14.5. The average molecular weight is 388 g/mol. The Kier molecular flexibility index (Phi) is 4.58. The van der Waals surface area contributed by atoms with Crippen LogP contribution in [0.5, 0.6) is 0 Å². The maximum atomic E-state index is 14.1. The molecule has 0 atom stereocenters. The highest BCUT2D eigenvalue weighted by molar-refractivity contribution is 9.11. The molecule has 2 rings (SSSR count). The molecule has 0 saturated heterocycles. The summed E-state index contributed by atoms with van der Waals surface area (Å²) in [7, 11) is 0. The molecular formula is C14H13Br2FN2. The number of aryl methyl sites for hydroxylation is 1. The van der Waals surface area contributed by atoms with E-state index < -0.39 is 0 Å². The van der Waals surface area contributed by atoms with Gasteiger partial charge in [0.2, 0.25) is 0 Å². The number of nitrogens with zero attached hydrogens (tertiary/aromatic N) is 1. The molecule has 0 amide bonds. The molecule has 0 unspecified atom stereocenters. The van der Waals surface area contributed by atoms with Crippen molar-refractivity contribution in [3.8, 4) is 11.1 Å². The van der Waals surface area contributed by atoms with Gasteiger partial charge in [0, 0.05) is 16.8 Å². The van der Waals surface area contributed by atoms with E-state index in [0.29, 0.717) is 15.9 Å². The molecule has 1 aromatic carbocycles. The Balaban J connectivity index is 2.66. The first-order valence-electron chi connectivity index (χ1n) is 5.93. The van der Waals surface area contributed by atoms with E-state index in [1.807, 2.05) is 6.07 Å². The van der Waals surface area contributed by atoms with E-state index in [0.717, 1.165) is 28.6 Å². The molecule has 0 aliphatic carbocycles. The van der Waals surface area contributed by atoms with Gasteiger partial charge in [0.15, 0.2) is 0 Å². The van der Waals surface area contributed by atoms with Crippen molar-refractivity contribution in [2.75, 3.05) is 5.73 Å². The van der Waals surface area contributed by atoms with Gasteiger partial charge in [-0.3, -0.25) is 0 Å². The lowest BCUT2D eigenvalue weighted by Crippen LogP contribution is -1.97. The molecule has 100 valence electrons. The maximum Gasteiger partial charge on any atom is 0.133 e. The summed E-state index contributed by atoms with van der Waals surface area (Å²) in [6.07, 6.45) is 1.84. The third-order valence-corrected chi connectivity index (χ3v) is 3.79. The zero-order valence-electron chi connectivity index (χ0n) is 10.4. The zero-order chi connectivity index (χ0) is 14.0. The van der Waals surface area contributed by atoms with Crippen LogP contribution in [0.1, 0.15) is 18.9 Å². The molecule has 0 radical (unpaired) electrons. The third-order valence-electron chi connectivity index (χ3n) is 2.81. The summed E-state index contributed by atoms with van der Waals surface area (Å²) >= 11 is 6.78. The molecule has 0 bridgehead atoms. The van der Waals surface area contributed by atoms with Crippen molar-refractivity contribution < 1.29 is 4.39 Å². The van der Waals surface area contributed by atoms with Crippen LogP contribution in [0.15, 0.2) is 33.5 Å². The van der Waals surface area contributed by atoms with E-state index in [1.165, 1.54) is 6.07 Å². The minimum absolute atomic E-state index is 0.331. The molecular weight excluding hydrogens is 375 g/mol. The standard InChI is InChI=1S/C14H13Br2FN2/c1-2-3-8-6-12(15)19-14(16)13(8)10-5-4-9(18)7-11(10)17/h4-7H,2-3,18H2,1H3. The molecule has 2 N–H and O–H groups in total. The molecule has 0 aliphatic heterocycles. The Morgan fingerprint density at radius 1 is 1.26 bits per heavy atom. The van der Waals surface area contributed by atoms with E-state index in [9.17, 15) is 4.39 Å². The summed E-state index contributed by atoms with van der Waals surface area (Å²) in [5, 5.41) is 0. The van der Waals surface area contributed by atoms with Crippen molar-refractivity contribution in [2.24, 2.45) is 0 Å². The van der Waals surface area contributed by atoms with Gasteiger partial charge >= 0.3 is 0 Å². The van der Waals surface area contributed by atoms with Gasteiger partial charge in [0.25, 0.3) is 0 Å². The molecule has 19 heavy (non-hydrogen) atoms. The number of nitrogen functional groups attached to an aromatic ring is 1. The number of hydrogen-bond donors (Lipinski definition) is 1. The lowest BCUT2D eigenvalue weighted by Gasteiger charge is -2.13. The summed E-state index contributed by atoms with van der Waals surface area (Å²) < 4.78 is 15.5. The predicted molar refractivity (Wildman–Crippen MR) is 83.4 cm³/mol. The number of benzene rings is 1. The summed E-state index contributed by atoms with van der Waals surface area (Å²) in [4.78, 5) is 4.29. The molecule has 2 aromatic rings. The number of halogens is 3. The zero-order valence-corrected chi connectivity index (χ0v) is 13.6. The Hall–Kier alpha value is -0.940. The molecule has 1 aromatic heterocycles. The highest BCUT2D eigenvalue weighted by Crippen LogP contribution is 2.35. The molecule has 1 heterocycles. The topological polar surface area (TPSA) is 38.9 Å². The first-order valence-corrected chi connectivity index (χ1v) is 7.51. The van der Waals surface area contributed by atoms with Gasteiger partial charge in [-0.2, -0.15) is 0 Å². The number of rotatable bonds is 3. The number of anilines is 1. The van der Waals surface area contributed by atoms with Gasteiger partial charge in [0.05, 0.1) is 0 Å². The van der Waals surface area contributed by atoms with Crippen LogP contribution < -0.4 is 5.73 Å². The van der Waals surface area contributed by atoms with Crippen LogP contribution in [0.2, 0.25) is 0 Å². The van der Waals surface area contributed by atoms with Crippen molar-refractivity contribution >= 4 is 37.5 Å². The van der Waals surface area contributed by atoms with Gasteiger partial charge in [-0.1, -0.05) is 13.3 Å². The molecule has 0 spiro atoms. The van der Waals surface area contributed by atoms with Crippen molar-refractivity contribution in [3.05, 3.63) is 44.9 Å². The molecule has 2 nitrogen and oxygen atoms in total. The fourth-order valence-corrected chi connectivity index (χ4v) is 3.37. The van der Waals surface area contributed by atoms with Crippen molar-refractivity contribution in [1.82, 2.24) is 4.98 Å². The van der Waals surface area contributed by atoms with Crippen LogP contribution in [0.3, 0.4) is 0 Å². The van der Waals surface area contributed by atoms with E-state index in [-0.39, 0.29) is 5.82 Å². The van der Waals surface area contributed by atoms with Crippen LogP contribution in [0.25, 0.3) is 11.1 Å². The lowest BCUT2D eigenvalue weighted by atomic mass is 9.98. The van der Waals surface area contributed by atoms with Gasteiger partial charge in [-0.25, -0.2) is 9.37 Å². The van der Waals surface area contributed by atoms with Gasteiger partial charge in [0.1, 0.15) is 15.0 Å². The fourth-order valence-electron chi connectivity index (χ4n) is 2.02. The number of hydrogen-bond acceptors (Lipinski definition) is 2. The maximum absolute atomic E-state index is 14.1. The van der Waals surface area contributed by atoms with Gasteiger partial charge in [-0.15, -0.1) is 0 Å². The molecule has 0 fully saturated rings. The van der Waals surface area contributed by atoms with Crippen molar-refractivity contribution in [1.29, 1.82) is 0 Å². The number of nitrogens with two attached hydrogens (primary N) is 1. The number of pyridine rings is 1. The third kappa shape index (κ3) is 3.15. The monoisotopic (exact) mass is 386 g/mol. The predicted octanol–water partition coefficient (Wildman–Crippen LogP) is 4.95. The van der Waals surface area contributed by atoms with Gasteiger partial charge in [-0.05, 0) is 68.1 Å². The lowest BCUT2D eigenvalue weighted by molar-refractivity contribution is 0.631. The second-order valence-corrected chi connectivity index (χ2v) is 5.82. The van der Waals surface area contributed by atoms with Crippen LogP contribution in [-0.4, -0.2) is 4.98 Å². The van der Waals surface area contributed by atoms with Crippen LogP contribution in [0, 0.1) is 5.82 Å². The van der Waals surface area contributed by atoms with E-state index >= 15 is 0 Å². The quantitative estimate of drug-likeness (QED) is 0.597. The minimum atomic E-state index is -0.331. The Bertz CT molecular complexity index is 615. The van der Waals surface area contributed by atoms with E-state index in [2.05, 4.69) is 43.8 Å². The summed E-state index contributed by atoms with van der Waals surface area (Å²) in [5.74, 6) is -0.331. The Labute approximate surface area is 128 Å². The van der Waals surface area contributed by atoms with Crippen molar-refractivity contribution in [3.63, 3.8) is 0 Å². The fraction of sp³-hybridized carbons (Fsp3) is 0.214. The molecule has 5 heteroatoms. The molecule has 0 aliphatic rings. The SMILES string of the molecule is CCCc1cc(Br)nc(Br)c1-c1ccc(N)cc1F.